The highest BCUT2D eigenvalue weighted by molar-refractivity contribution is 7.47. The summed E-state index contributed by atoms with van der Waals surface area (Å²) in [6.45, 7) is 3.57. The van der Waals surface area contributed by atoms with Gasteiger partial charge in [-0.25, -0.2) is 4.57 Å². The van der Waals surface area contributed by atoms with Crippen molar-refractivity contribution < 1.29 is 37.6 Å². The molecular formula is C65H118NO8P. The number of esters is 2. The quantitative estimate of drug-likeness (QED) is 0.0264. The Labute approximate surface area is 462 Å². The molecule has 0 heterocycles. The zero-order valence-electron chi connectivity index (χ0n) is 48.8. The van der Waals surface area contributed by atoms with Crippen LogP contribution in [-0.2, 0) is 32.7 Å². The van der Waals surface area contributed by atoms with Gasteiger partial charge in [0.2, 0.25) is 0 Å². The maximum atomic E-state index is 12.6. The third-order valence-electron chi connectivity index (χ3n) is 13.6. The molecule has 0 fully saturated rings. The van der Waals surface area contributed by atoms with Crippen LogP contribution in [0.1, 0.15) is 296 Å². The topological polar surface area (TPSA) is 134 Å². The second kappa shape index (κ2) is 60.7. The molecule has 0 aliphatic rings. The van der Waals surface area contributed by atoms with E-state index in [1.807, 2.05) is 12.2 Å². The van der Waals surface area contributed by atoms with Gasteiger partial charge < -0.3 is 20.1 Å². The van der Waals surface area contributed by atoms with Crippen molar-refractivity contribution in [1.29, 1.82) is 0 Å². The number of phosphoric acid groups is 1. The summed E-state index contributed by atoms with van der Waals surface area (Å²) in [4.78, 5) is 35.1. The summed E-state index contributed by atoms with van der Waals surface area (Å²) >= 11 is 0. The first-order valence-corrected chi connectivity index (χ1v) is 32.9. The van der Waals surface area contributed by atoms with Crippen molar-refractivity contribution in [3.8, 4) is 0 Å². The third kappa shape index (κ3) is 60.5. The second-order valence-corrected chi connectivity index (χ2v) is 22.4. The van der Waals surface area contributed by atoms with E-state index in [0.717, 1.165) is 57.8 Å². The zero-order valence-corrected chi connectivity index (χ0v) is 49.7. The Morgan fingerprint density at radius 1 is 0.413 bits per heavy atom. The number of phosphoric ester groups is 1. The summed E-state index contributed by atoms with van der Waals surface area (Å²) in [6, 6.07) is 0. The van der Waals surface area contributed by atoms with Crippen LogP contribution in [0.4, 0.5) is 0 Å². The molecule has 0 rings (SSSR count). The van der Waals surface area contributed by atoms with E-state index in [-0.39, 0.29) is 32.6 Å². The summed E-state index contributed by atoms with van der Waals surface area (Å²) in [5.41, 5.74) is 5.38. The van der Waals surface area contributed by atoms with E-state index in [2.05, 4.69) is 74.6 Å². The highest BCUT2D eigenvalue weighted by atomic mass is 31.2. The van der Waals surface area contributed by atoms with E-state index in [9.17, 15) is 19.0 Å². The Hall–Kier alpha value is -2.55. The van der Waals surface area contributed by atoms with Crippen LogP contribution in [0.3, 0.4) is 0 Å². The first-order valence-electron chi connectivity index (χ1n) is 31.4. The predicted molar refractivity (Wildman–Crippen MR) is 321 cm³/mol. The van der Waals surface area contributed by atoms with Gasteiger partial charge in [0.25, 0.3) is 0 Å². The average Bonchev–Trinajstić information content (AvgIpc) is 3.40. The number of rotatable bonds is 59. The SMILES string of the molecule is CC/C=C\C/C=C\C/C=C\C/C=C\C/C=C\C/C=C\CCC(=O)OC(COC(=O)CCCCCCCCCCCCCCCCCCCCCCCCCCCCCCCCCCCCC)COP(=O)(O)OCCN. The van der Waals surface area contributed by atoms with Crippen LogP contribution in [0.25, 0.3) is 0 Å². The molecule has 10 heteroatoms. The summed E-state index contributed by atoms with van der Waals surface area (Å²) in [7, 11) is -4.41. The third-order valence-corrected chi connectivity index (χ3v) is 14.6. The maximum Gasteiger partial charge on any atom is 0.472 e. The van der Waals surface area contributed by atoms with E-state index >= 15 is 0 Å². The first-order chi connectivity index (χ1) is 36.8. The van der Waals surface area contributed by atoms with Gasteiger partial charge in [0.15, 0.2) is 6.10 Å². The van der Waals surface area contributed by atoms with E-state index in [1.54, 1.807) is 0 Å². The minimum atomic E-state index is -4.41. The zero-order chi connectivity index (χ0) is 54.5. The van der Waals surface area contributed by atoms with Gasteiger partial charge in [-0.2, -0.15) is 0 Å². The molecule has 2 atom stereocenters. The summed E-state index contributed by atoms with van der Waals surface area (Å²) in [5.74, 6) is -0.918. The molecule has 75 heavy (non-hydrogen) atoms. The van der Waals surface area contributed by atoms with Crippen molar-refractivity contribution in [2.45, 2.75) is 302 Å². The van der Waals surface area contributed by atoms with Crippen LogP contribution >= 0.6 is 7.82 Å². The minimum Gasteiger partial charge on any atom is -0.462 e. The highest BCUT2D eigenvalue weighted by Gasteiger charge is 2.26. The monoisotopic (exact) mass is 1070 g/mol. The Balaban J connectivity index is 3.87. The van der Waals surface area contributed by atoms with Crippen molar-refractivity contribution in [3.05, 3.63) is 72.9 Å². The number of hydrogen-bond donors (Lipinski definition) is 2. The number of carbonyl (C=O) groups is 2. The Morgan fingerprint density at radius 2 is 0.733 bits per heavy atom. The van der Waals surface area contributed by atoms with Gasteiger partial charge in [0.05, 0.1) is 13.2 Å². The van der Waals surface area contributed by atoms with Gasteiger partial charge in [-0.3, -0.25) is 18.6 Å². The highest BCUT2D eigenvalue weighted by Crippen LogP contribution is 2.43. The second-order valence-electron chi connectivity index (χ2n) is 20.9. The molecule has 436 valence electrons. The lowest BCUT2D eigenvalue weighted by molar-refractivity contribution is -0.161. The van der Waals surface area contributed by atoms with Crippen molar-refractivity contribution in [1.82, 2.24) is 0 Å². The molecule has 0 aromatic heterocycles. The Morgan fingerprint density at radius 3 is 1.07 bits per heavy atom. The molecule has 0 saturated carbocycles. The molecule has 0 radical (unpaired) electrons. The number of nitrogens with two attached hydrogens (primary N) is 1. The number of carbonyl (C=O) groups excluding carboxylic acids is 2. The molecule has 0 aromatic carbocycles. The molecular weight excluding hydrogens is 954 g/mol. The van der Waals surface area contributed by atoms with E-state index in [4.69, 9.17) is 24.3 Å². The molecule has 0 aliphatic heterocycles. The van der Waals surface area contributed by atoms with E-state index in [0.29, 0.717) is 6.42 Å². The van der Waals surface area contributed by atoms with Crippen LogP contribution in [0.5, 0.6) is 0 Å². The fourth-order valence-corrected chi connectivity index (χ4v) is 9.78. The van der Waals surface area contributed by atoms with Gasteiger partial charge >= 0.3 is 19.8 Å². The lowest BCUT2D eigenvalue weighted by Gasteiger charge is -2.19. The normalized spacial score (nSPS) is 13.5. The van der Waals surface area contributed by atoms with Crippen molar-refractivity contribution >= 4 is 19.8 Å². The molecule has 0 aliphatic carbocycles. The van der Waals surface area contributed by atoms with E-state index in [1.165, 1.54) is 205 Å². The number of unbranched alkanes of at least 4 members (excludes halogenated alkanes) is 34. The lowest BCUT2D eigenvalue weighted by Crippen LogP contribution is -2.29. The molecule has 0 aromatic rings. The molecule has 0 saturated heterocycles. The van der Waals surface area contributed by atoms with Crippen LogP contribution < -0.4 is 5.73 Å². The Bertz CT molecular complexity index is 1460. The smallest absolute Gasteiger partial charge is 0.462 e. The van der Waals surface area contributed by atoms with Gasteiger partial charge in [-0.1, -0.05) is 305 Å². The van der Waals surface area contributed by atoms with Gasteiger partial charge in [0.1, 0.15) is 6.61 Å². The number of ether oxygens (including phenoxy) is 2. The van der Waals surface area contributed by atoms with Gasteiger partial charge in [-0.15, -0.1) is 0 Å². The lowest BCUT2D eigenvalue weighted by atomic mass is 10.0. The molecule has 0 spiro atoms. The van der Waals surface area contributed by atoms with E-state index < -0.39 is 32.5 Å². The molecule has 9 nitrogen and oxygen atoms in total. The van der Waals surface area contributed by atoms with Crippen molar-refractivity contribution in [2.24, 2.45) is 5.73 Å². The fraction of sp³-hybridized carbons (Fsp3) is 0.785. The average molecular weight is 1070 g/mol. The Kier molecular flexibility index (Phi) is 58.6. The first kappa shape index (κ1) is 72.5. The predicted octanol–water partition coefficient (Wildman–Crippen LogP) is 20.1. The molecule has 0 amide bonds. The summed E-state index contributed by atoms with van der Waals surface area (Å²) < 4.78 is 32.9. The van der Waals surface area contributed by atoms with Crippen molar-refractivity contribution in [3.63, 3.8) is 0 Å². The standard InChI is InChI=1S/C65H118NO8P/c1-3-5-7-9-11-13-15-17-19-21-23-24-25-26-27-28-29-30-31-32-33-34-35-36-37-38-40-41-43-45-47-49-51-53-55-57-64(67)71-61-63(62-73-75(69,70)72-60-59-66)74-65(68)58-56-54-52-50-48-46-44-42-39-22-20-18-16-14-12-10-8-6-4-2/h6,8,12,14,18,20,39,42,46,48,52,54,63H,3-5,7,9-11,13,15-17,19,21-38,40-41,43-45,47,49-51,53,55-62,66H2,1-2H3,(H,69,70)/b8-6-,14-12-,20-18-,42-39-,48-46-,54-52-. The molecule has 3 N–H and O–H groups in total. The van der Waals surface area contributed by atoms with Crippen LogP contribution in [0.2, 0.25) is 0 Å². The largest absolute Gasteiger partial charge is 0.472 e. The van der Waals surface area contributed by atoms with Crippen molar-refractivity contribution in [2.75, 3.05) is 26.4 Å². The minimum absolute atomic E-state index is 0.0400. The van der Waals surface area contributed by atoms with Crippen LogP contribution in [0.15, 0.2) is 72.9 Å². The van der Waals surface area contributed by atoms with Gasteiger partial charge in [-0.05, 0) is 51.4 Å². The molecule has 0 bridgehead atoms. The molecule has 2 unspecified atom stereocenters. The summed E-state index contributed by atoms with van der Waals surface area (Å²) in [5, 5.41) is 0. The van der Waals surface area contributed by atoms with Crippen LogP contribution in [-0.4, -0.2) is 49.3 Å². The summed E-state index contributed by atoms with van der Waals surface area (Å²) in [6.07, 6.45) is 78.8. The van der Waals surface area contributed by atoms with Crippen LogP contribution in [0, 0.1) is 0 Å². The van der Waals surface area contributed by atoms with Gasteiger partial charge in [0, 0.05) is 19.4 Å². The maximum absolute atomic E-state index is 12.6. The number of hydrogen-bond acceptors (Lipinski definition) is 8. The fourth-order valence-electron chi connectivity index (χ4n) is 9.02. The number of allylic oxidation sites excluding steroid dienone is 12.